The van der Waals surface area contributed by atoms with Crippen molar-refractivity contribution in [2.75, 3.05) is 12.4 Å². The topological polar surface area (TPSA) is 66.4 Å². The molecule has 68 valence electrons. The second kappa shape index (κ2) is 5.77. The van der Waals surface area contributed by atoms with Gasteiger partial charge in [-0.05, 0) is 0 Å². The van der Waals surface area contributed by atoms with Crippen LogP contribution in [0, 0.1) is 0 Å². The monoisotopic (exact) mass is 235 g/mol. The van der Waals surface area contributed by atoms with E-state index in [4.69, 9.17) is 0 Å². The van der Waals surface area contributed by atoms with Crippen LogP contribution in [0.1, 0.15) is 6.42 Å². The van der Waals surface area contributed by atoms with Crippen molar-refractivity contribution >= 4 is 27.9 Å². The number of hydrogen-bond donors (Lipinski definition) is 0. The Balaban J connectivity index is 4.34. The molecule has 0 bridgehead atoms. The maximum atomic E-state index is 10.8. The highest BCUT2D eigenvalue weighted by Crippen LogP contribution is 2.03. The van der Waals surface area contributed by atoms with Gasteiger partial charge in [0.2, 0.25) is 0 Å². The van der Waals surface area contributed by atoms with Crippen molar-refractivity contribution in [2.24, 2.45) is 0 Å². The third-order valence-corrected chi connectivity index (χ3v) is 1.43. The summed E-state index contributed by atoms with van der Waals surface area (Å²) in [5, 5.41) is 10.5. The van der Waals surface area contributed by atoms with Crippen LogP contribution in [0.15, 0.2) is 11.6 Å². The van der Waals surface area contributed by atoms with Gasteiger partial charge in [0.25, 0.3) is 0 Å². The number of esters is 1. The standard InChI is InChI=1S/C7H9BrO4/c1-12-7(11)5(2-3-8)4-6(9)10/h2H,3-4H2,1H3,(H,9,10)/p-1. The zero-order chi connectivity index (χ0) is 9.56. The molecule has 0 aromatic rings. The number of allylic oxidation sites excluding steroid dienone is 1. The highest BCUT2D eigenvalue weighted by molar-refractivity contribution is 9.09. The minimum atomic E-state index is -1.30. The molecule has 5 heteroatoms. The van der Waals surface area contributed by atoms with Crippen LogP contribution >= 0.6 is 15.9 Å². The van der Waals surface area contributed by atoms with E-state index in [0.717, 1.165) is 0 Å². The third-order valence-electron chi connectivity index (χ3n) is 1.11. The number of alkyl halides is 1. The molecule has 0 aliphatic rings. The minimum Gasteiger partial charge on any atom is -0.550 e. The quantitative estimate of drug-likeness (QED) is 0.379. The predicted octanol–water partition coefficient (Wildman–Crippen LogP) is -0.379. The molecule has 0 aliphatic heterocycles. The van der Waals surface area contributed by atoms with Crippen LogP contribution in [0.2, 0.25) is 0 Å². The number of methoxy groups -OCH3 is 1. The van der Waals surface area contributed by atoms with Gasteiger partial charge >= 0.3 is 5.97 Å². The number of carboxylic acids is 1. The van der Waals surface area contributed by atoms with Crippen LogP contribution in [0.5, 0.6) is 0 Å². The summed E-state index contributed by atoms with van der Waals surface area (Å²) in [4.78, 5) is 21.0. The van der Waals surface area contributed by atoms with E-state index >= 15 is 0 Å². The van der Waals surface area contributed by atoms with Crippen molar-refractivity contribution in [2.45, 2.75) is 6.42 Å². The van der Waals surface area contributed by atoms with Gasteiger partial charge in [-0.2, -0.15) is 0 Å². The summed E-state index contributed by atoms with van der Waals surface area (Å²) in [6, 6.07) is 0. The van der Waals surface area contributed by atoms with Crippen LogP contribution in [-0.4, -0.2) is 24.4 Å². The number of ether oxygens (including phenoxy) is 1. The van der Waals surface area contributed by atoms with Crippen LogP contribution in [0.25, 0.3) is 0 Å². The zero-order valence-electron chi connectivity index (χ0n) is 6.50. The van der Waals surface area contributed by atoms with E-state index in [9.17, 15) is 14.7 Å². The Bertz CT molecular complexity index is 209. The van der Waals surface area contributed by atoms with E-state index in [0.29, 0.717) is 5.33 Å². The largest absolute Gasteiger partial charge is 0.550 e. The molecule has 0 spiro atoms. The summed E-state index contributed by atoms with van der Waals surface area (Å²) in [5.41, 5.74) is 0.0920. The Morgan fingerprint density at radius 3 is 2.50 bits per heavy atom. The van der Waals surface area contributed by atoms with Gasteiger partial charge in [-0.25, -0.2) is 4.79 Å². The molecule has 0 aromatic heterocycles. The molecular weight excluding hydrogens is 228 g/mol. The number of aliphatic carboxylic acids is 1. The normalized spacial score (nSPS) is 11.0. The molecule has 0 heterocycles. The lowest BCUT2D eigenvalue weighted by Crippen LogP contribution is -2.24. The van der Waals surface area contributed by atoms with Crippen molar-refractivity contribution in [3.63, 3.8) is 0 Å². The van der Waals surface area contributed by atoms with Gasteiger partial charge in [0.1, 0.15) is 0 Å². The van der Waals surface area contributed by atoms with E-state index in [-0.39, 0.29) is 5.57 Å². The van der Waals surface area contributed by atoms with E-state index in [1.807, 2.05) is 0 Å². The first-order chi connectivity index (χ1) is 5.61. The van der Waals surface area contributed by atoms with Crippen molar-refractivity contribution in [3.05, 3.63) is 11.6 Å². The second-order valence-electron chi connectivity index (χ2n) is 1.92. The van der Waals surface area contributed by atoms with Crippen molar-refractivity contribution in [1.29, 1.82) is 0 Å². The maximum Gasteiger partial charge on any atom is 0.333 e. The number of halogens is 1. The van der Waals surface area contributed by atoms with Gasteiger partial charge in [-0.3, -0.25) is 0 Å². The Kier molecular flexibility index (Phi) is 5.36. The van der Waals surface area contributed by atoms with Gasteiger partial charge in [0.05, 0.1) is 7.11 Å². The Hall–Kier alpha value is -0.840. The highest BCUT2D eigenvalue weighted by atomic mass is 79.9. The molecule has 0 unspecified atom stereocenters. The highest BCUT2D eigenvalue weighted by Gasteiger charge is 2.08. The zero-order valence-corrected chi connectivity index (χ0v) is 8.09. The third kappa shape index (κ3) is 4.12. The lowest BCUT2D eigenvalue weighted by atomic mass is 10.2. The average Bonchev–Trinajstić information content (AvgIpc) is 2.01. The van der Waals surface area contributed by atoms with Crippen LogP contribution in [0.3, 0.4) is 0 Å². The molecule has 4 nitrogen and oxygen atoms in total. The molecule has 0 amide bonds. The summed E-state index contributed by atoms with van der Waals surface area (Å²) >= 11 is 3.04. The summed E-state index contributed by atoms with van der Waals surface area (Å²) in [6.07, 6.45) is 1.01. The molecule has 0 rings (SSSR count). The minimum absolute atomic E-state index is 0.0920. The fourth-order valence-electron chi connectivity index (χ4n) is 0.607. The van der Waals surface area contributed by atoms with Gasteiger partial charge in [-0.1, -0.05) is 22.0 Å². The lowest BCUT2D eigenvalue weighted by Gasteiger charge is -2.04. The van der Waals surface area contributed by atoms with Crippen LogP contribution in [0.4, 0.5) is 0 Å². The fourth-order valence-corrected chi connectivity index (χ4v) is 0.998. The number of carbonyl (C=O) groups excluding carboxylic acids is 2. The summed E-state index contributed by atoms with van der Waals surface area (Å²) < 4.78 is 4.35. The van der Waals surface area contributed by atoms with Gasteiger partial charge < -0.3 is 14.6 Å². The average molecular weight is 236 g/mol. The van der Waals surface area contributed by atoms with E-state index < -0.39 is 18.4 Å². The van der Waals surface area contributed by atoms with Gasteiger partial charge in [0.15, 0.2) is 0 Å². The molecule has 0 atom stereocenters. The molecule has 12 heavy (non-hydrogen) atoms. The summed E-state index contributed by atoms with van der Waals surface area (Å²) in [7, 11) is 1.19. The molecule has 0 aromatic carbocycles. The first-order valence-electron chi connectivity index (χ1n) is 3.15. The maximum absolute atomic E-state index is 10.8. The number of rotatable bonds is 4. The molecule has 0 radical (unpaired) electrons. The second-order valence-corrected chi connectivity index (χ2v) is 2.57. The first-order valence-corrected chi connectivity index (χ1v) is 4.27. The fraction of sp³-hybridized carbons (Fsp3) is 0.429. The molecule has 0 N–H and O–H groups in total. The Labute approximate surface area is 78.3 Å². The predicted molar refractivity (Wildman–Crippen MR) is 43.5 cm³/mol. The van der Waals surface area contributed by atoms with Gasteiger partial charge in [-0.15, -0.1) is 0 Å². The van der Waals surface area contributed by atoms with Gasteiger partial charge in [0, 0.05) is 23.3 Å². The molecule has 0 saturated heterocycles. The molecule has 0 saturated carbocycles. The first kappa shape index (κ1) is 11.2. The summed E-state index contributed by atoms with van der Waals surface area (Å²) in [6.45, 7) is 0. The Morgan fingerprint density at radius 2 is 2.17 bits per heavy atom. The van der Waals surface area contributed by atoms with E-state index in [1.54, 1.807) is 0 Å². The SMILES string of the molecule is COC(=O)C(=CCBr)CC(=O)[O-]. The van der Waals surface area contributed by atoms with Crippen molar-refractivity contribution in [1.82, 2.24) is 0 Å². The van der Waals surface area contributed by atoms with Crippen LogP contribution in [-0.2, 0) is 14.3 Å². The molecular formula is C7H8BrO4-. The lowest BCUT2D eigenvalue weighted by molar-refractivity contribution is -0.304. The van der Waals surface area contributed by atoms with Crippen molar-refractivity contribution in [3.8, 4) is 0 Å². The number of carbonyl (C=O) groups is 2. The van der Waals surface area contributed by atoms with E-state index in [1.165, 1.54) is 13.2 Å². The van der Waals surface area contributed by atoms with Crippen LogP contribution < -0.4 is 5.11 Å². The summed E-state index contributed by atoms with van der Waals surface area (Å²) in [5.74, 6) is -1.94. The molecule has 0 fully saturated rings. The molecule has 0 aliphatic carbocycles. The smallest absolute Gasteiger partial charge is 0.333 e. The van der Waals surface area contributed by atoms with Crippen molar-refractivity contribution < 1.29 is 19.4 Å². The van der Waals surface area contributed by atoms with E-state index in [2.05, 4.69) is 20.7 Å². The number of hydrogen-bond acceptors (Lipinski definition) is 4. The number of carboxylic acid groups (broad SMARTS) is 1. The Morgan fingerprint density at radius 1 is 1.58 bits per heavy atom.